The number of amidine groups is 1. The van der Waals surface area contributed by atoms with Crippen molar-refractivity contribution in [3.8, 4) is 0 Å². The van der Waals surface area contributed by atoms with E-state index in [0.717, 1.165) is 5.56 Å². The van der Waals surface area contributed by atoms with Crippen molar-refractivity contribution in [2.75, 3.05) is 18.4 Å². The van der Waals surface area contributed by atoms with Gasteiger partial charge in [0.2, 0.25) is 6.41 Å². The molecule has 3 rings (SSSR count). The minimum absolute atomic E-state index is 0.146. The predicted molar refractivity (Wildman–Crippen MR) is 128 cm³/mol. The van der Waals surface area contributed by atoms with E-state index in [1.54, 1.807) is 19.1 Å². The number of aryl methyl sites for hydroxylation is 1. The molecular formula is C24H27N5O4. The molecule has 172 valence electrons. The molecule has 0 radical (unpaired) electrons. The highest BCUT2D eigenvalue weighted by atomic mass is 16.5. The van der Waals surface area contributed by atoms with Gasteiger partial charge in [0, 0.05) is 17.8 Å². The topological polar surface area (TPSA) is 128 Å². The number of ether oxygens (including phenoxy) is 1. The lowest BCUT2D eigenvalue weighted by Gasteiger charge is -2.27. The summed E-state index contributed by atoms with van der Waals surface area (Å²) in [4.78, 5) is 40.8. The van der Waals surface area contributed by atoms with Crippen LogP contribution in [0.25, 0.3) is 5.70 Å². The molecule has 33 heavy (non-hydrogen) atoms. The Hall–Kier alpha value is -4.14. The van der Waals surface area contributed by atoms with Gasteiger partial charge in [-0.2, -0.15) is 0 Å². The van der Waals surface area contributed by atoms with E-state index in [0.29, 0.717) is 28.9 Å². The number of benzene rings is 1. The summed E-state index contributed by atoms with van der Waals surface area (Å²) in [5.74, 6) is -0.330. The summed E-state index contributed by atoms with van der Waals surface area (Å²) >= 11 is 0. The summed E-state index contributed by atoms with van der Waals surface area (Å²) in [5, 5.41) is 5.45. The van der Waals surface area contributed by atoms with Gasteiger partial charge < -0.3 is 21.1 Å². The molecule has 0 bridgehead atoms. The average Bonchev–Trinajstić information content (AvgIpc) is 2.80. The summed E-state index contributed by atoms with van der Waals surface area (Å²) in [7, 11) is 0. The number of nitrogens with zero attached hydrogens (tertiary/aromatic N) is 2. The van der Waals surface area contributed by atoms with E-state index in [4.69, 9.17) is 10.5 Å². The molecule has 0 saturated heterocycles. The van der Waals surface area contributed by atoms with Crippen LogP contribution in [0.5, 0.6) is 0 Å². The highest BCUT2D eigenvalue weighted by molar-refractivity contribution is 6.19. The second-order valence-electron chi connectivity index (χ2n) is 7.57. The molecule has 9 nitrogen and oxygen atoms in total. The third-order valence-electron chi connectivity index (χ3n) is 5.28. The van der Waals surface area contributed by atoms with E-state index < -0.39 is 11.5 Å². The number of nitrogens with one attached hydrogen (secondary N) is 2. The summed E-state index contributed by atoms with van der Waals surface area (Å²) < 4.78 is 6.66. The van der Waals surface area contributed by atoms with Crippen LogP contribution < -0.4 is 21.9 Å². The van der Waals surface area contributed by atoms with Crippen LogP contribution in [0.4, 0.5) is 5.69 Å². The Labute approximate surface area is 191 Å². The van der Waals surface area contributed by atoms with Crippen molar-refractivity contribution in [2.24, 2.45) is 10.7 Å². The number of aliphatic imine (C=N–C) groups is 1. The molecule has 0 saturated carbocycles. The molecule has 0 fully saturated rings. The summed E-state index contributed by atoms with van der Waals surface area (Å²) in [6.45, 7) is 7.76. The number of esters is 1. The number of amides is 1. The average molecular weight is 450 g/mol. The molecule has 1 atom stereocenters. The van der Waals surface area contributed by atoms with Crippen LogP contribution in [0.1, 0.15) is 18.2 Å². The molecule has 1 aromatic heterocycles. The maximum Gasteiger partial charge on any atom is 0.325 e. The van der Waals surface area contributed by atoms with Gasteiger partial charge in [-0.25, -0.2) is 0 Å². The summed E-state index contributed by atoms with van der Waals surface area (Å²) in [6, 6.07) is 12.4. The van der Waals surface area contributed by atoms with Crippen molar-refractivity contribution in [1.82, 2.24) is 9.88 Å². The fourth-order valence-electron chi connectivity index (χ4n) is 3.50. The Balaban J connectivity index is 1.85. The van der Waals surface area contributed by atoms with Crippen LogP contribution >= 0.6 is 0 Å². The van der Waals surface area contributed by atoms with Gasteiger partial charge in [-0.15, -0.1) is 0 Å². The molecule has 0 spiro atoms. The van der Waals surface area contributed by atoms with Gasteiger partial charge in [0.25, 0.3) is 5.56 Å². The Morgan fingerprint density at radius 2 is 2.00 bits per heavy atom. The lowest BCUT2D eigenvalue weighted by Crippen LogP contribution is -2.37. The zero-order valence-corrected chi connectivity index (χ0v) is 18.6. The number of hydrogen-bond donors (Lipinski definition) is 3. The van der Waals surface area contributed by atoms with Crippen LogP contribution in [0.15, 0.2) is 70.0 Å². The van der Waals surface area contributed by atoms with Gasteiger partial charge in [0.05, 0.1) is 11.7 Å². The van der Waals surface area contributed by atoms with Crippen LogP contribution in [0.3, 0.4) is 0 Å². The number of hydrogen-bond acceptors (Lipinski definition) is 7. The molecule has 1 aliphatic rings. The Bertz CT molecular complexity index is 1180. The van der Waals surface area contributed by atoms with E-state index in [-0.39, 0.29) is 37.3 Å². The van der Waals surface area contributed by atoms with Crippen molar-refractivity contribution in [3.63, 3.8) is 0 Å². The lowest BCUT2D eigenvalue weighted by molar-refractivity contribution is -0.142. The van der Waals surface area contributed by atoms with Crippen LogP contribution in [-0.4, -0.2) is 41.9 Å². The number of aromatic nitrogens is 1. The van der Waals surface area contributed by atoms with Crippen molar-refractivity contribution in [1.29, 1.82) is 0 Å². The Kier molecular flexibility index (Phi) is 7.45. The molecule has 1 aromatic carbocycles. The minimum atomic E-state index is -0.499. The first-order valence-electron chi connectivity index (χ1n) is 10.4. The molecular weight excluding hydrogens is 422 g/mol. The number of anilines is 1. The third-order valence-corrected chi connectivity index (χ3v) is 5.28. The predicted octanol–water partition coefficient (Wildman–Crippen LogP) is 1.58. The highest BCUT2D eigenvalue weighted by Gasteiger charge is 2.26. The second kappa shape index (κ2) is 10.4. The second-order valence-corrected chi connectivity index (χ2v) is 7.57. The Morgan fingerprint density at radius 1 is 1.27 bits per heavy atom. The first kappa shape index (κ1) is 23.5. The zero-order valence-electron chi connectivity index (χ0n) is 18.6. The molecule has 1 unspecified atom stereocenters. The number of nitrogens with two attached hydrogens (primary N) is 1. The van der Waals surface area contributed by atoms with Gasteiger partial charge in [-0.3, -0.25) is 23.9 Å². The maximum absolute atomic E-state index is 13.3. The standard InChI is InChI=1S/C24H27N5O4/c1-15-9-10-20(27-12-21(31)33-13-18-7-5-4-6-8-18)24(32)29(15)22-19(11-26-14-30)16(2)17(3)28-23(22)25/h4-10,14,17,27H,2,11-13H2,1,3H3,(H2,25,28)(H,26,30). The van der Waals surface area contributed by atoms with Crippen molar-refractivity contribution < 1.29 is 14.3 Å². The number of rotatable bonds is 9. The van der Waals surface area contributed by atoms with Crippen molar-refractivity contribution in [3.05, 3.63) is 81.8 Å². The monoisotopic (exact) mass is 449 g/mol. The van der Waals surface area contributed by atoms with Gasteiger partial charge in [0.1, 0.15) is 24.7 Å². The van der Waals surface area contributed by atoms with E-state index >= 15 is 0 Å². The highest BCUT2D eigenvalue weighted by Crippen LogP contribution is 2.27. The van der Waals surface area contributed by atoms with Gasteiger partial charge in [-0.1, -0.05) is 36.9 Å². The van der Waals surface area contributed by atoms with Gasteiger partial charge in [-0.05, 0) is 37.1 Å². The zero-order chi connectivity index (χ0) is 24.0. The van der Waals surface area contributed by atoms with Crippen molar-refractivity contribution >= 4 is 29.6 Å². The molecule has 2 aromatic rings. The van der Waals surface area contributed by atoms with E-state index in [2.05, 4.69) is 22.2 Å². The van der Waals surface area contributed by atoms with Crippen molar-refractivity contribution in [2.45, 2.75) is 26.5 Å². The fourth-order valence-corrected chi connectivity index (χ4v) is 3.50. The molecule has 4 N–H and O–H groups in total. The van der Waals surface area contributed by atoms with Gasteiger partial charge in [0.15, 0.2) is 0 Å². The molecule has 2 heterocycles. The first-order chi connectivity index (χ1) is 15.8. The fraction of sp³-hybridized carbons (Fsp3) is 0.250. The van der Waals surface area contributed by atoms with E-state index in [9.17, 15) is 14.4 Å². The maximum atomic E-state index is 13.3. The number of carbonyl (C=O) groups excluding carboxylic acids is 2. The van der Waals surface area contributed by atoms with Crippen LogP contribution in [0, 0.1) is 6.92 Å². The Morgan fingerprint density at radius 3 is 2.70 bits per heavy atom. The summed E-state index contributed by atoms with van der Waals surface area (Å²) in [6.07, 6.45) is 0.569. The van der Waals surface area contributed by atoms with E-state index in [1.807, 2.05) is 37.3 Å². The number of dihydropyridines is 1. The molecule has 1 aliphatic heterocycles. The number of carbonyl (C=O) groups is 2. The first-order valence-corrected chi connectivity index (χ1v) is 10.4. The van der Waals surface area contributed by atoms with Crippen LogP contribution in [-0.2, 0) is 20.9 Å². The molecule has 1 amide bonds. The minimum Gasteiger partial charge on any atom is -0.460 e. The summed E-state index contributed by atoms with van der Waals surface area (Å²) in [5.41, 5.74) is 9.11. The normalized spacial score (nSPS) is 15.6. The smallest absolute Gasteiger partial charge is 0.325 e. The van der Waals surface area contributed by atoms with Crippen LogP contribution in [0.2, 0.25) is 0 Å². The quantitative estimate of drug-likeness (QED) is 0.394. The van der Waals surface area contributed by atoms with E-state index in [1.165, 1.54) is 4.57 Å². The largest absolute Gasteiger partial charge is 0.460 e. The van der Waals surface area contributed by atoms with Gasteiger partial charge >= 0.3 is 5.97 Å². The number of pyridine rings is 1. The molecule has 9 heteroatoms. The lowest BCUT2D eigenvalue weighted by atomic mass is 9.95. The molecule has 0 aliphatic carbocycles. The third kappa shape index (κ3) is 5.38. The SMILES string of the molecule is C=C1C(CNC=O)=C(n2c(C)ccc(NCC(=O)OCc3ccccc3)c2=O)C(N)=NC1C.